The van der Waals surface area contributed by atoms with E-state index in [4.69, 9.17) is 5.11 Å². The number of carboxylic acids is 1. The molecule has 0 aromatic carbocycles. The molecule has 0 aliphatic heterocycles. The van der Waals surface area contributed by atoms with Crippen LogP contribution in [-0.4, -0.2) is 22.7 Å². The van der Waals surface area contributed by atoms with Crippen molar-refractivity contribution >= 4 is 40.3 Å². The molecule has 23 heavy (non-hydrogen) atoms. The molecule has 0 unspecified atom stereocenters. The van der Waals surface area contributed by atoms with Gasteiger partial charge in [-0.15, -0.1) is 22.7 Å². The quantitative estimate of drug-likeness (QED) is 0.655. The number of hydrazone groups is 1. The van der Waals surface area contributed by atoms with Gasteiger partial charge in [0.2, 0.25) is 0 Å². The highest BCUT2D eigenvalue weighted by atomic mass is 32.1. The predicted octanol–water partition coefficient (Wildman–Crippen LogP) is 3.54. The van der Waals surface area contributed by atoms with E-state index in [9.17, 15) is 9.59 Å². The van der Waals surface area contributed by atoms with Crippen molar-refractivity contribution in [2.75, 3.05) is 0 Å². The van der Waals surface area contributed by atoms with E-state index in [1.165, 1.54) is 11.3 Å². The molecule has 1 amide bonds. The van der Waals surface area contributed by atoms with E-state index in [1.807, 2.05) is 5.38 Å². The van der Waals surface area contributed by atoms with E-state index in [2.05, 4.69) is 10.5 Å². The Hall–Kier alpha value is -1.99. The Kier molecular flexibility index (Phi) is 4.58. The second kappa shape index (κ2) is 6.64. The fourth-order valence-corrected chi connectivity index (χ4v) is 4.50. The van der Waals surface area contributed by atoms with Gasteiger partial charge in [-0.25, -0.2) is 10.2 Å². The van der Waals surface area contributed by atoms with E-state index in [1.54, 1.807) is 30.4 Å². The Labute approximate surface area is 141 Å². The van der Waals surface area contributed by atoms with Gasteiger partial charge in [0.05, 0.1) is 16.2 Å². The maximum atomic E-state index is 12.3. The standard InChI is InChI=1S/C16H16N2O3S2/c1-9(12-6-7-14(23-12)16(20)21)17-18-15(19)11-8-22-13-5-3-2-4-10(11)13/h6-8H,2-5H2,1H3,(H,18,19)(H,20,21)/b17-9+. The molecule has 0 radical (unpaired) electrons. The lowest BCUT2D eigenvalue weighted by Gasteiger charge is -2.11. The highest BCUT2D eigenvalue weighted by Crippen LogP contribution is 2.30. The number of carbonyl (C=O) groups is 2. The summed E-state index contributed by atoms with van der Waals surface area (Å²) in [6.07, 6.45) is 4.33. The van der Waals surface area contributed by atoms with Crippen LogP contribution in [0.4, 0.5) is 0 Å². The van der Waals surface area contributed by atoms with E-state index < -0.39 is 5.97 Å². The molecule has 5 nitrogen and oxygen atoms in total. The monoisotopic (exact) mass is 348 g/mol. The van der Waals surface area contributed by atoms with Crippen LogP contribution < -0.4 is 5.43 Å². The van der Waals surface area contributed by atoms with Crippen LogP contribution in [0.2, 0.25) is 0 Å². The smallest absolute Gasteiger partial charge is 0.345 e. The Morgan fingerprint density at radius 2 is 1.96 bits per heavy atom. The summed E-state index contributed by atoms with van der Waals surface area (Å²) in [4.78, 5) is 25.5. The topological polar surface area (TPSA) is 78.8 Å². The van der Waals surface area contributed by atoms with Gasteiger partial charge in [-0.2, -0.15) is 5.10 Å². The van der Waals surface area contributed by atoms with Gasteiger partial charge >= 0.3 is 5.97 Å². The number of thiophene rings is 2. The molecule has 1 aliphatic carbocycles. The summed E-state index contributed by atoms with van der Waals surface area (Å²) in [6.45, 7) is 1.75. The van der Waals surface area contributed by atoms with Crippen LogP contribution in [0.5, 0.6) is 0 Å². The Bertz CT molecular complexity index is 789. The Morgan fingerprint density at radius 3 is 2.70 bits per heavy atom. The third kappa shape index (κ3) is 3.35. The Morgan fingerprint density at radius 1 is 1.22 bits per heavy atom. The van der Waals surface area contributed by atoms with Gasteiger partial charge in [-0.3, -0.25) is 4.79 Å². The van der Waals surface area contributed by atoms with Crippen molar-refractivity contribution in [3.63, 3.8) is 0 Å². The van der Waals surface area contributed by atoms with Crippen molar-refractivity contribution in [3.8, 4) is 0 Å². The fourth-order valence-electron chi connectivity index (χ4n) is 2.58. The molecule has 2 heterocycles. The van der Waals surface area contributed by atoms with Crippen molar-refractivity contribution in [3.05, 3.63) is 43.3 Å². The van der Waals surface area contributed by atoms with Crippen molar-refractivity contribution in [2.24, 2.45) is 5.10 Å². The number of nitrogens with one attached hydrogen (secondary N) is 1. The minimum absolute atomic E-state index is 0.196. The lowest BCUT2D eigenvalue weighted by Crippen LogP contribution is -2.20. The van der Waals surface area contributed by atoms with E-state index >= 15 is 0 Å². The molecule has 0 saturated carbocycles. The molecule has 0 fully saturated rings. The maximum Gasteiger partial charge on any atom is 0.345 e. The van der Waals surface area contributed by atoms with Gasteiger partial charge in [0, 0.05) is 10.3 Å². The summed E-state index contributed by atoms with van der Waals surface area (Å²) in [6, 6.07) is 3.24. The number of hydrogen-bond donors (Lipinski definition) is 2. The summed E-state index contributed by atoms with van der Waals surface area (Å²) < 4.78 is 0. The molecule has 0 bridgehead atoms. The highest BCUT2D eigenvalue weighted by Gasteiger charge is 2.20. The number of aryl methyl sites for hydroxylation is 1. The number of rotatable bonds is 4. The molecule has 7 heteroatoms. The normalized spacial score (nSPS) is 14.4. The number of nitrogens with zero attached hydrogens (tertiary/aromatic N) is 1. The second-order valence-corrected chi connectivity index (χ2v) is 7.41. The number of amides is 1. The van der Waals surface area contributed by atoms with Crippen molar-refractivity contribution in [1.82, 2.24) is 5.43 Å². The van der Waals surface area contributed by atoms with E-state index in [0.717, 1.165) is 46.6 Å². The van der Waals surface area contributed by atoms with E-state index in [0.29, 0.717) is 5.71 Å². The van der Waals surface area contributed by atoms with Crippen LogP contribution in [0.3, 0.4) is 0 Å². The number of hydrogen-bond acceptors (Lipinski definition) is 5. The SMILES string of the molecule is C/C(=N\NC(=O)c1csc2c1CCCC2)c1ccc(C(=O)O)s1. The zero-order valence-electron chi connectivity index (χ0n) is 12.6. The molecule has 2 aromatic rings. The zero-order valence-corrected chi connectivity index (χ0v) is 14.2. The summed E-state index contributed by atoms with van der Waals surface area (Å²) in [5, 5.41) is 15.0. The minimum atomic E-state index is -0.956. The van der Waals surface area contributed by atoms with Gasteiger partial charge in [0.15, 0.2) is 0 Å². The molecule has 1 aliphatic rings. The van der Waals surface area contributed by atoms with Gasteiger partial charge in [0.1, 0.15) is 4.88 Å². The molecule has 2 aromatic heterocycles. The average molecular weight is 348 g/mol. The zero-order chi connectivity index (χ0) is 16.4. The number of carbonyl (C=O) groups excluding carboxylic acids is 1. The molecule has 120 valence electrons. The van der Waals surface area contributed by atoms with Crippen LogP contribution >= 0.6 is 22.7 Å². The first-order valence-corrected chi connectivity index (χ1v) is 9.03. The van der Waals surface area contributed by atoms with Crippen LogP contribution in [-0.2, 0) is 12.8 Å². The number of aromatic carboxylic acids is 1. The average Bonchev–Trinajstić information content (AvgIpc) is 3.19. The number of fused-ring (bicyclic) bond motifs is 1. The first kappa shape index (κ1) is 15.9. The van der Waals surface area contributed by atoms with Gasteiger partial charge in [-0.05, 0) is 50.3 Å². The molecule has 0 saturated heterocycles. The molecule has 3 rings (SSSR count). The molecule has 2 N–H and O–H groups in total. The minimum Gasteiger partial charge on any atom is -0.477 e. The maximum absolute atomic E-state index is 12.3. The summed E-state index contributed by atoms with van der Waals surface area (Å²) in [5.41, 5.74) is 5.07. The first-order chi connectivity index (χ1) is 11.1. The van der Waals surface area contributed by atoms with E-state index in [-0.39, 0.29) is 10.8 Å². The third-order valence-corrected chi connectivity index (χ3v) is 6.08. The summed E-state index contributed by atoms with van der Waals surface area (Å²) in [5.74, 6) is -1.15. The van der Waals surface area contributed by atoms with Crippen LogP contribution in [0.1, 0.15) is 55.1 Å². The lowest BCUT2D eigenvalue weighted by molar-refractivity contribution is 0.0702. The fraction of sp³-hybridized carbons (Fsp3) is 0.312. The third-order valence-electron chi connectivity index (χ3n) is 3.80. The molecule has 0 atom stereocenters. The first-order valence-electron chi connectivity index (χ1n) is 7.33. The molecular weight excluding hydrogens is 332 g/mol. The van der Waals surface area contributed by atoms with Crippen molar-refractivity contribution in [1.29, 1.82) is 0 Å². The molecular formula is C16H16N2O3S2. The largest absolute Gasteiger partial charge is 0.477 e. The van der Waals surface area contributed by atoms with Crippen LogP contribution in [0.15, 0.2) is 22.6 Å². The highest BCUT2D eigenvalue weighted by molar-refractivity contribution is 7.15. The summed E-state index contributed by atoms with van der Waals surface area (Å²) >= 11 is 2.79. The summed E-state index contributed by atoms with van der Waals surface area (Å²) in [7, 11) is 0. The Balaban J connectivity index is 1.72. The number of carboxylic acid groups (broad SMARTS) is 1. The van der Waals surface area contributed by atoms with Gasteiger partial charge in [0.25, 0.3) is 5.91 Å². The predicted molar refractivity (Wildman–Crippen MR) is 91.9 cm³/mol. The van der Waals surface area contributed by atoms with Crippen molar-refractivity contribution in [2.45, 2.75) is 32.6 Å². The van der Waals surface area contributed by atoms with Gasteiger partial charge < -0.3 is 5.11 Å². The second-order valence-electron chi connectivity index (χ2n) is 5.37. The molecule has 0 spiro atoms. The van der Waals surface area contributed by atoms with Crippen molar-refractivity contribution < 1.29 is 14.7 Å². The lowest BCUT2D eigenvalue weighted by atomic mass is 9.96. The van der Waals surface area contributed by atoms with Crippen LogP contribution in [0, 0.1) is 0 Å². The van der Waals surface area contributed by atoms with Crippen LogP contribution in [0.25, 0.3) is 0 Å². The van der Waals surface area contributed by atoms with Gasteiger partial charge in [-0.1, -0.05) is 0 Å².